The van der Waals surface area contributed by atoms with Crippen molar-refractivity contribution < 1.29 is 9.53 Å². The van der Waals surface area contributed by atoms with Crippen LogP contribution in [0.5, 0.6) is 5.75 Å². The molecule has 4 aromatic carbocycles. The van der Waals surface area contributed by atoms with E-state index in [-0.39, 0.29) is 12.5 Å². The van der Waals surface area contributed by atoms with E-state index in [1.54, 1.807) is 18.3 Å². The summed E-state index contributed by atoms with van der Waals surface area (Å²) in [7, 11) is 0. The zero-order valence-corrected chi connectivity index (χ0v) is 18.5. The molecular weight excluding hydrogens is 466 g/mol. The molecule has 0 fully saturated rings. The number of carbonyl (C=O) groups excluding carboxylic acids is 1. The van der Waals surface area contributed by atoms with Crippen LogP contribution in [0.25, 0.3) is 10.8 Å². The van der Waals surface area contributed by atoms with Crippen molar-refractivity contribution in [1.82, 2.24) is 5.43 Å². The van der Waals surface area contributed by atoms with E-state index in [4.69, 9.17) is 4.74 Å². The molecule has 0 aliphatic carbocycles. The van der Waals surface area contributed by atoms with Crippen molar-refractivity contribution in [3.05, 3.63) is 112 Å². The molecule has 1 amide bonds. The van der Waals surface area contributed by atoms with E-state index in [1.165, 1.54) is 0 Å². The van der Waals surface area contributed by atoms with Gasteiger partial charge < -0.3 is 4.74 Å². The normalized spacial score (nSPS) is 10.8. The SMILES string of the molecule is N#Cc1ccccc1COc1ccc(/C=N/NC(=O)c2cccc3ccccc23)cc1Br. The lowest BCUT2D eigenvalue weighted by Crippen LogP contribution is -2.17. The molecule has 0 aliphatic rings. The van der Waals surface area contributed by atoms with Gasteiger partial charge in [0.25, 0.3) is 5.91 Å². The molecule has 0 bridgehead atoms. The van der Waals surface area contributed by atoms with Crippen LogP contribution in [0.2, 0.25) is 0 Å². The number of ether oxygens (including phenoxy) is 1. The van der Waals surface area contributed by atoms with E-state index in [0.717, 1.165) is 26.4 Å². The number of benzene rings is 4. The van der Waals surface area contributed by atoms with Gasteiger partial charge in [-0.2, -0.15) is 10.4 Å². The van der Waals surface area contributed by atoms with Crippen LogP contribution in [-0.2, 0) is 6.61 Å². The molecule has 0 atom stereocenters. The van der Waals surface area contributed by atoms with Gasteiger partial charge in [-0.15, -0.1) is 0 Å². The summed E-state index contributed by atoms with van der Waals surface area (Å²) in [5.74, 6) is 0.378. The number of amides is 1. The number of nitrogens with zero attached hydrogens (tertiary/aromatic N) is 2. The first-order chi connectivity index (χ1) is 15.7. The lowest BCUT2D eigenvalue weighted by atomic mass is 10.0. The Balaban J connectivity index is 1.41. The molecule has 32 heavy (non-hydrogen) atoms. The maximum absolute atomic E-state index is 12.6. The lowest BCUT2D eigenvalue weighted by molar-refractivity contribution is 0.0957. The third-order valence-electron chi connectivity index (χ3n) is 4.89. The standard InChI is InChI=1S/C26H18BrN3O2/c27-24-14-18(12-13-25(24)32-17-21-8-2-1-7-20(21)15-28)16-29-30-26(31)23-11-5-9-19-6-3-4-10-22(19)23/h1-14,16H,17H2,(H,30,31)/b29-16+. The number of rotatable bonds is 6. The summed E-state index contributed by atoms with van der Waals surface area (Å²) in [5.41, 5.74) is 5.36. The summed E-state index contributed by atoms with van der Waals surface area (Å²) in [5, 5.41) is 15.2. The van der Waals surface area contributed by atoms with Crippen molar-refractivity contribution in [3.8, 4) is 11.8 Å². The molecule has 5 nitrogen and oxygen atoms in total. The second-order valence-electron chi connectivity index (χ2n) is 6.97. The van der Waals surface area contributed by atoms with Crippen LogP contribution in [0.4, 0.5) is 0 Å². The molecule has 1 N–H and O–H groups in total. The highest BCUT2D eigenvalue weighted by molar-refractivity contribution is 9.10. The molecule has 0 unspecified atom stereocenters. The fourth-order valence-corrected chi connectivity index (χ4v) is 3.79. The monoisotopic (exact) mass is 483 g/mol. The second-order valence-corrected chi connectivity index (χ2v) is 7.83. The fourth-order valence-electron chi connectivity index (χ4n) is 3.27. The summed E-state index contributed by atoms with van der Waals surface area (Å²) in [6.07, 6.45) is 1.57. The quantitative estimate of drug-likeness (QED) is 0.277. The van der Waals surface area contributed by atoms with Crippen molar-refractivity contribution in [2.45, 2.75) is 6.61 Å². The van der Waals surface area contributed by atoms with Crippen molar-refractivity contribution in [1.29, 1.82) is 5.26 Å². The maximum atomic E-state index is 12.6. The topological polar surface area (TPSA) is 74.5 Å². The Morgan fingerprint density at radius 1 is 1.03 bits per heavy atom. The molecular formula is C26H18BrN3O2. The Hall–Kier alpha value is -3.95. The van der Waals surface area contributed by atoms with Gasteiger partial charge in [-0.1, -0.05) is 54.6 Å². The van der Waals surface area contributed by atoms with Crippen LogP contribution in [0.1, 0.15) is 27.0 Å². The molecule has 0 radical (unpaired) electrons. The van der Waals surface area contributed by atoms with Gasteiger partial charge in [-0.3, -0.25) is 4.79 Å². The van der Waals surface area contributed by atoms with Crippen LogP contribution in [0.15, 0.2) is 94.5 Å². The van der Waals surface area contributed by atoms with E-state index in [9.17, 15) is 10.1 Å². The van der Waals surface area contributed by atoms with E-state index >= 15 is 0 Å². The molecule has 0 saturated heterocycles. The van der Waals surface area contributed by atoms with Gasteiger partial charge >= 0.3 is 0 Å². The summed E-state index contributed by atoms with van der Waals surface area (Å²) < 4.78 is 6.60. The minimum atomic E-state index is -0.270. The van der Waals surface area contributed by atoms with Crippen LogP contribution >= 0.6 is 15.9 Å². The average Bonchev–Trinajstić information content (AvgIpc) is 2.83. The van der Waals surface area contributed by atoms with E-state index < -0.39 is 0 Å². The molecule has 0 saturated carbocycles. The first-order valence-corrected chi connectivity index (χ1v) is 10.7. The molecule has 6 heteroatoms. The van der Waals surface area contributed by atoms with E-state index in [1.807, 2.05) is 72.8 Å². The van der Waals surface area contributed by atoms with Crippen LogP contribution in [0, 0.1) is 11.3 Å². The molecule has 4 rings (SSSR count). The van der Waals surface area contributed by atoms with Gasteiger partial charge in [0.05, 0.1) is 22.3 Å². The second kappa shape index (κ2) is 9.90. The largest absolute Gasteiger partial charge is 0.488 e. The van der Waals surface area contributed by atoms with Gasteiger partial charge in [0.2, 0.25) is 0 Å². The van der Waals surface area contributed by atoms with Gasteiger partial charge in [0, 0.05) is 11.1 Å². The Bertz CT molecular complexity index is 1350. The number of nitrogens with one attached hydrogen (secondary N) is 1. The summed E-state index contributed by atoms with van der Waals surface area (Å²) in [6, 6.07) is 28.3. The summed E-state index contributed by atoms with van der Waals surface area (Å²) >= 11 is 3.50. The Morgan fingerprint density at radius 3 is 2.66 bits per heavy atom. The number of fused-ring (bicyclic) bond motifs is 1. The third kappa shape index (κ3) is 4.85. The van der Waals surface area contributed by atoms with Crippen molar-refractivity contribution in [3.63, 3.8) is 0 Å². The van der Waals surface area contributed by atoms with Gasteiger partial charge in [-0.25, -0.2) is 5.43 Å². The van der Waals surface area contributed by atoms with Crippen LogP contribution < -0.4 is 10.2 Å². The highest BCUT2D eigenvalue weighted by Crippen LogP contribution is 2.27. The van der Waals surface area contributed by atoms with Crippen molar-refractivity contribution in [2.75, 3.05) is 0 Å². The van der Waals surface area contributed by atoms with Crippen molar-refractivity contribution >= 4 is 38.8 Å². The van der Waals surface area contributed by atoms with Gasteiger partial charge in [0.1, 0.15) is 12.4 Å². The van der Waals surface area contributed by atoms with Crippen LogP contribution in [0.3, 0.4) is 0 Å². The van der Waals surface area contributed by atoms with E-state index in [0.29, 0.717) is 16.9 Å². The molecule has 156 valence electrons. The predicted molar refractivity (Wildman–Crippen MR) is 129 cm³/mol. The molecule has 0 aliphatic heterocycles. The number of hydrogen-bond donors (Lipinski definition) is 1. The zero-order valence-electron chi connectivity index (χ0n) is 17.0. The Morgan fingerprint density at radius 2 is 1.81 bits per heavy atom. The smallest absolute Gasteiger partial charge is 0.271 e. The predicted octanol–water partition coefficient (Wildman–Crippen LogP) is 5.82. The first-order valence-electron chi connectivity index (χ1n) is 9.87. The fraction of sp³-hybridized carbons (Fsp3) is 0.0385. The highest BCUT2D eigenvalue weighted by atomic mass is 79.9. The van der Waals surface area contributed by atoms with Crippen molar-refractivity contribution in [2.24, 2.45) is 5.10 Å². The average molecular weight is 484 g/mol. The molecule has 0 heterocycles. The number of halogens is 1. The lowest BCUT2D eigenvalue weighted by Gasteiger charge is -2.10. The van der Waals surface area contributed by atoms with E-state index in [2.05, 4.69) is 32.5 Å². The first kappa shape index (κ1) is 21.3. The van der Waals surface area contributed by atoms with Crippen LogP contribution in [-0.4, -0.2) is 12.1 Å². The minimum Gasteiger partial charge on any atom is -0.488 e. The number of nitriles is 1. The molecule has 0 spiro atoms. The Labute approximate surface area is 194 Å². The van der Waals surface area contributed by atoms with Gasteiger partial charge in [-0.05, 0) is 62.6 Å². The highest BCUT2D eigenvalue weighted by Gasteiger charge is 2.09. The summed E-state index contributed by atoms with van der Waals surface area (Å²) in [4.78, 5) is 12.6. The third-order valence-corrected chi connectivity index (χ3v) is 5.51. The number of carbonyl (C=O) groups is 1. The molecule has 4 aromatic rings. The molecule has 0 aromatic heterocycles. The maximum Gasteiger partial charge on any atom is 0.271 e. The number of hydrazone groups is 1. The zero-order chi connectivity index (χ0) is 22.3. The van der Waals surface area contributed by atoms with Gasteiger partial charge in [0.15, 0.2) is 0 Å². The minimum absolute atomic E-state index is 0.270. The number of hydrogen-bond acceptors (Lipinski definition) is 4. The summed E-state index contributed by atoms with van der Waals surface area (Å²) in [6.45, 7) is 0.289. The Kier molecular flexibility index (Phi) is 6.59.